The van der Waals surface area contributed by atoms with Crippen molar-refractivity contribution >= 4 is 10.0 Å². The standard InChI is InChI=1S/C10H17NO3S/c1-7(2)11-15(13,14)10-5-4-9(6-10)8(3)12/h4,6-8,11-12H,5H2,1-3H3. The molecule has 0 aliphatic heterocycles. The Balaban J connectivity index is 2.82. The van der Waals surface area contributed by atoms with Crippen LogP contribution in [0.1, 0.15) is 27.2 Å². The molecule has 0 heterocycles. The summed E-state index contributed by atoms with van der Waals surface area (Å²) in [5.41, 5.74) is 0.666. The van der Waals surface area contributed by atoms with Gasteiger partial charge in [0.05, 0.1) is 11.0 Å². The van der Waals surface area contributed by atoms with E-state index in [0.717, 1.165) is 0 Å². The molecule has 15 heavy (non-hydrogen) atoms. The normalized spacial score (nSPS) is 19.0. The number of nitrogens with one attached hydrogen (secondary N) is 1. The van der Waals surface area contributed by atoms with Crippen molar-refractivity contribution in [2.45, 2.75) is 39.3 Å². The monoisotopic (exact) mass is 231 g/mol. The minimum Gasteiger partial charge on any atom is -0.389 e. The van der Waals surface area contributed by atoms with Crippen molar-refractivity contribution in [3.63, 3.8) is 0 Å². The van der Waals surface area contributed by atoms with Crippen LogP contribution in [0.15, 0.2) is 22.6 Å². The molecule has 1 atom stereocenters. The van der Waals surface area contributed by atoms with Crippen molar-refractivity contribution in [1.29, 1.82) is 0 Å². The number of hydrogen-bond donors (Lipinski definition) is 2. The van der Waals surface area contributed by atoms with Gasteiger partial charge in [-0.15, -0.1) is 0 Å². The van der Waals surface area contributed by atoms with E-state index in [9.17, 15) is 13.5 Å². The number of sulfonamides is 1. The molecular weight excluding hydrogens is 214 g/mol. The average Bonchev–Trinajstić information content (AvgIpc) is 2.48. The first kappa shape index (κ1) is 12.4. The van der Waals surface area contributed by atoms with Crippen molar-refractivity contribution in [3.05, 3.63) is 22.6 Å². The van der Waals surface area contributed by atoms with Crippen LogP contribution >= 0.6 is 0 Å². The summed E-state index contributed by atoms with van der Waals surface area (Å²) in [5, 5.41) is 9.29. The molecule has 0 aromatic carbocycles. The smallest absolute Gasteiger partial charge is 0.237 e. The first-order valence-corrected chi connectivity index (χ1v) is 6.42. The van der Waals surface area contributed by atoms with E-state index >= 15 is 0 Å². The van der Waals surface area contributed by atoms with Crippen LogP contribution in [0.3, 0.4) is 0 Å². The van der Waals surface area contributed by atoms with E-state index in [4.69, 9.17) is 0 Å². The van der Waals surface area contributed by atoms with Gasteiger partial charge in [0.25, 0.3) is 0 Å². The fourth-order valence-corrected chi connectivity index (χ4v) is 2.75. The maximum atomic E-state index is 11.7. The molecule has 0 saturated carbocycles. The zero-order valence-electron chi connectivity index (χ0n) is 9.19. The predicted octanol–water partition coefficient (Wildman–Crippen LogP) is 0.909. The second kappa shape index (κ2) is 4.47. The summed E-state index contributed by atoms with van der Waals surface area (Å²) >= 11 is 0. The lowest BCUT2D eigenvalue weighted by molar-refractivity contribution is 0.235. The number of hydrogen-bond acceptors (Lipinski definition) is 3. The van der Waals surface area contributed by atoms with Gasteiger partial charge in [-0.2, -0.15) is 0 Å². The lowest BCUT2D eigenvalue weighted by Crippen LogP contribution is -2.30. The molecule has 5 heteroatoms. The number of allylic oxidation sites excluding steroid dienone is 2. The largest absolute Gasteiger partial charge is 0.389 e. The lowest BCUT2D eigenvalue weighted by atomic mass is 10.2. The van der Waals surface area contributed by atoms with Crippen LogP contribution in [0.25, 0.3) is 0 Å². The SMILES string of the molecule is CC(C)NS(=O)(=O)C1=CC(C(C)O)=CC1. The van der Waals surface area contributed by atoms with Crippen LogP contribution in [0.4, 0.5) is 0 Å². The summed E-state index contributed by atoms with van der Waals surface area (Å²) in [6.45, 7) is 5.17. The van der Waals surface area contributed by atoms with Gasteiger partial charge in [0, 0.05) is 12.5 Å². The Morgan fingerprint density at radius 1 is 1.40 bits per heavy atom. The predicted molar refractivity (Wildman–Crippen MR) is 59.7 cm³/mol. The van der Waals surface area contributed by atoms with Crippen LogP contribution < -0.4 is 4.72 Å². The molecule has 0 spiro atoms. The number of aliphatic hydroxyl groups is 1. The topological polar surface area (TPSA) is 66.4 Å². The van der Waals surface area contributed by atoms with Gasteiger partial charge in [-0.25, -0.2) is 13.1 Å². The summed E-state index contributed by atoms with van der Waals surface area (Å²) in [4.78, 5) is 0.326. The maximum absolute atomic E-state index is 11.7. The number of aliphatic hydroxyl groups excluding tert-OH is 1. The summed E-state index contributed by atoms with van der Waals surface area (Å²) in [5.74, 6) is 0. The fourth-order valence-electron chi connectivity index (χ4n) is 1.39. The molecule has 0 radical (unpaired) electrons. The van der Waals surface area contributed by atoms with Crippen LogP contribution in [0, 0.1) is 0 Å². The minimum absolute atomic E-state index is 0.119. The molecule has 86 valence electrons. The van der Waals surface area contributed by atoms with E-state index in [0.29, 0.717) is 16.9 Å². The molecule has 1 unspecified atom stereocenters. The Labute approximate surface area is 90.7 Å². The molecule has 2 N–H and O–H groups in total. The van der Waals surface area contributed by atoms with Gasteiger partial charge >= 0.3 is 0 Å². The van der Waals surface area contributed by atoms with Gasteiger partial charge in [0.1, 0.15) is 0 Å². The Morgan fingerprint density at radius 2 is 2.00 bits per heavy atom. The second-order valence-corrected chi connectivity index (χ2v) is 5.74. The van der Waals surface area contributed by atoms with Crippen LogP contribution in [0.2, 0.25) is 0 Å². The zero-order chi connectivity index (χ0) is 11.6. The molecule has 0 amide bonds. The molecule has 4 nitrogen and oxygen atoms in total. The third-order valence-electron chi connectivity index (χ3n) is 2.09. The fraction of sp³-hybridized carbons (Fsp3) is 0.600. The quantitative estimate of drug-likeness (QED) is 0.755. The highest BCUT2D eigenvalue weighted by molar-refractivity contribution is 7.93. The molecule has 0 aromatic rings. The van der Waals surface area contributed by atoms with Gasteiger partial charge in [0.15, 0.2) is 0 Å². The Hall–Kier alpha value is -0.650. The second-order valence-electron chi connectivity index (χ2n) is 3.97. The molecular formula is C10H17NO3S. The van der Waals surface area contributed by atoms with Crippen molar-refractivity contribution < 1.29 is 13.5 Å². The van der Waals surface area contributed by atoms with Gasteiger partial charge in [-0.1, -0.05) is 6.08 Å². The number of rotatable bonds is 4. The van der Waals surface area contributed by atoms with E-state index in [1.54, 1.807) is 26.8 Å². The van der Waals surface area contributed by atoms with Crippen LogP contribution in [0.5, 0.6) is 0 Å². The minimum atomic E-state index is -3.38. The molecule has 1 aliphatic carbocycles. The molecule has 0 saturated heterocycles. The van der Waals surface area contributed by atoms with Gasteiger partial charge in [0.2, 0.25) is 10.0 Å². The van der Waals surface area contributed by atoms with Crippen molar-refractivity contribution in [2.75, 3.05) is 0 Å². The molecule has 1 rings (SSSR count). The van der Waals surface area contributed by atoms with E-state index in [-0.39, 0.29) is 6.04 Å². The Kier molecular flexibility index (Phi) is 3.70. The highest BCUT2D eigenvalue weighted by atomic mass is 32.2. The van der Waals surface area contributed by atoms with Gasteiger partial charge in [-0.3, -0.25) is 0 Å². The van der Waals surface area contributed by atoms with Crippen molar-refractivity contribution in [2.24, 2.45) is 0 Å². The third kappa shape index (κ3) is 3.15. The Morgan fingerprint density at radius 3 is 2.40 bits per heavy atom. The maximum Gasteiger partial charge on any atom is 0.237 e. The van der Waals surface area contributed by atoms with Crippen molar-refractivity contribution in [3.8, 4) is 0 Å². The van der Waals surface area contributed by atoms with E-state index in [2.05, 4.69) is 4.72 Å². The zero-order valence-corrected chi connectivity index (χ0v) is 10.0. The average molecular weight is 231 g/mol. The Bertz CT molecular complexity index is 391. The van der Waals surface area contributed by atoms with Crippen LogP contribution in [-0.4, -0.2) is 25.7 Å². The molecule has 0 fully saturated rings. The summed E-state index contributed by atoms with van der Waals surface area (Å²) in [6.07, 6.45) is 3.02. The summed E-state index contributed by atoms with van der Waals surface area (Å²) < 4.78 is 25.9. The summed E-state index contributed by atoms with van der Waals surface area (Å²) in [7, 11) is -3.38. The highest BCUT2D eigenvalue weighted by Crippen LogP contribution is 2.23. The van der Waals surface area contributed by atoms with Gasteiger partial charge < -0.3 is 5.11 Å². The third-order valence-corrected chi connectivity index (χ3v) is 3.84. The molecule has 0 bridgehead atoms. The van der Waals surface area contributed by atoms with E-state index in [1.165, 1.54) is 6.08 Å². The molecule has 1 aliphatic rings. The highest BCUT2D eigenvalue weighted by Gasteiger charge is 2.22. The van der Waals surface area contributed by atoms with E-state index in [1.807, 2.05) is 0 Å². The van der Waals surface area contributed by atoms with Crippen LogP contribution in [-0.2, 0) is 10.0 Å². The lowest BCUT2D eigenvalue weighted by Gasteiger charge is -2.09. The van der Waals surface area contributed by atoms with E-state index < -0.39 is 16.1 Å². The molecule has 0 aromatic heterocycles. The summed E-state index contributed by atoms with van der Waals surface area (Å²) in [6, 6.07) is -0.119. The first-order chi connectivity index (χ1) is 6.83. The first-order valence-electron chi connectivity index (χ1n) is 4.94. The van der Waals surface area contributed by atoms with Gasteiger partial charge in [-0.05, 0) is 32.4 Å². The van der Waals surface area contributed by atoms with Crippen molar-refractivity contribution in [1.82, 2.24) is 4.72 Å².